The lowest BCUT2D eigenvalue weighted by Gasteiger charge is -2.31. The van der Waals surface area contributed by atoms with E-state index in [4.69, 9.17) is 51.1 Å². The molecule has 7 heterocycles. The molecule has 3 aliphatic heterocycles. The SMILES string of the molecule is CC[C@]12CO[C@@H]([C@H](n3cnc4c(=O)[nH]c(N)nc43)O1)[C@@H]2OP(O)(=S)OC[C@H]1O[C@@H](n2cnc3c(N)ncnc32)[C@H](F)[C@@H]1OP(=O)(O)S. The third kappa shape index (κ3) is 5.77. The number of aromatic nitrogens is 8. The van der Waals surface area contributed by atoms with Gasteiger partial charge in [-0.15, -0.1) is 0 Å². The number of hydrogen-bond acceptors (Lipinski definition) is 16. The van der Waals surface area contributed by atoms with E-state index in [0.717, 1.165) is 6.33 Å². The Morgan fingerprint density at radius 2 is 1.89 bits per heavy atom. The van der Waals surface area contributed by atoms with Gasteiger partial charge in [0.15, 0.2) is 41.3 Å². The number of aromatic amines is 1. The molecule has 3 aliphatic rings. The van der Waals surface area contributed by atoms with Gasteiger partial charge in [0.25, 0.3) is 5.56 Å². The molecule has 7 rings (SSSR count). The lowest BCUT2D eigenvalue weighted by atomic mass is 9.96. The summed E-state index contributed by atoms with van der Waals surface area (Å²) < 4.78 is 65.4. The minimum absolute atomic E-state index is 0.0234. The fourth-order valence-electron chi connectivity index (χ4n) is 5.97. The first-order chi connectivity index (χ1) is 22.2. The molecule has 2 unspecified atom stereocenters. The van der Waals surface area contributed by atoms with Crippen molar-refractivity contribution < 1.29 is 46.5 Å². The molecule has 20 nitrogen and oxygen atoms in total. The van der Waals surface area contributed by atoms with Crippen molar-refractivity contribution in [1.82, 2.24) is 39.0 Å². The Morgan fingerprint density at radius 3 is 2.62 bits per heavy atom. The minimum Gasteiger partial charge on any atom is -0.382 e. The molecule has 0 spiro atoms. The number of alkyl halides is 1. The molecule has 3 saturated heterocycles. The van der Waals surface area contributed by atoms with E-state index in [0.29, 0.717) is 6.42 Å². The first-order valence-corrected chi connectivity index (χ1v) is 19.2. The number of nitrogens with one attached hydrogen (secondary N) is 1. The van der Waals surface area contributed by atoms with E-state index in [1.54, 1.807) is 0 Å². The predicted octanol–water partition coefficient (Wildman–Crippen LogP) is 0.470. The summed E-state index contributed by atoms with van der Waals surface area (Å²) in [4.78, 5) is 56.0. The van der Waals surface area contributed by atoms with Crippen LogP contribution in [0.3, 0.4) is 0 Å². The van der Waals surface area contributed by atoms with Gasteiger partial charge in [0, 0.05) is 0 Å². The van der Waals surface area contributed by atoms with Gasteiger partial charge in [0.1, 0.15) is 41.9 Å². The van der Waals surface area contributed by atoms with Crippen LogP contribution >= 0.6 is 25.8 Å². The molecule has 0 aliphatic carbocycles. The summed E-state index contributed by atoms with van der Waals surface area (Å²) in [6.45, 7) is -7.46. The van der Waals surface area contributed by atoms with E-state index in [-0.39, 0.29) is 40.7 Å². The Morgan fingerprint density at radius 1 is 1.17 bits per heavy atom. The van der Waals surface area contributed by atoms with Crippen molar-refractivity contribution >= 4 is 71.7 Å². The molecule has 0 saturated carbocycles. The van der Waals surface area contributed by atoms with Crippen LogP contribution in [0.1, 0.15) is 25.8 Å². The minimum atomic E-state index is -4.55. The van der Waals surface area contributed by atoms with E-state index in [1.165, 1.54) is 21.8 Å². The molecule has 254 valence electrons. The number of H-pyrrole nitrogens is 1. The molecule has 25 heteroatoms. The van der Waals surface area contributed by atoms with Gasteiger partial charge in [-0.3, -0.25) is 28.0 Å². The number of hydrogen-bond donors (Lipinski definition) is 6. The summed E-state index contributed by atoms with van der Waals surface area (Å²) in [5, 5.41) is 0. The smallest absolute Gasteiger partial charge is 0.382 e. The summed E-state index contributed by atoms with van der Waals surface area (Å²) in [6, 6.07) is 0. The summed E-state index contributed by atoms with van der Waals surface area (Å²) in [5.74, 6) is -0.0896. The lowest BCUT2D eigenvalue weighted by Crippen LogP contribution is -2.41. The average Bonchev–Trinajstić information content (AvgIpc) is 3.80. The molecule has 0 aromatic carbocycles. The molecule has 0 radical (unpaired) electrons. The predicted molar refractivity (Wildman–Crippen MR) is 165 cm³/mol. The summed E-state index contributed by atoms with van der Waals surface area (Å²) >= 11 is 8.84. The molecule has 4 aromatic rings. The zero-order valence-corrected chi connectivity index (χ0v) is 27.5. The van der Waals surface area contributed by atoms with Crippen LogP contribution in [0, 0.1) is 0 Å². The van der Waals surface area contributed by atoms with Gasteiger partial charge in [0.2, 0.25) is 5.95 Å². The highest BCUT2D eigenvalue weighted by Gasteiger charge is 2.63. The average molecular weight is 737 g/mol. The second kappa shape index (κ2) is 11.7. The van der Waals surface area contributed by atoms with Gasteiger partial charge in [0.05, 0.1) is 25.9 Å². The monoisotopic (exact) mass is 736 g/mol. The Labute approximate surface area is 272 Å². The maximum absolute atomic E-state index is 15.8. The maximum atomic E-state index is 15.8. The third-order valence-electron chi connectivity index (χ3n) is 8.13. The normalized spacial score (nSPS) is 33.1. The number of rotatable bonds is 10. The maximum Gasteiger partial charge on any atom is 0.384 e. The zero-order valence-electron chi connectivity index (χ0n) is 24.0. The number of nitrogens with two attached hydrogens (primary N) is 2. The van der Waals surface area contributed by atoms with E-state index < -0.39 is 74.3 Å². The van der Waals surface area contributed by atoms with Crippen molar-refractivity contribution in [1.29, 1.82) is 0 Å². The Balaban J connectivity index is 1.11. The molecule has 4 aromatic heterocycles. The van der Waals surface area contributed by atoms with Gasteiger partial charge in [-0.1, -0.05) is 19.2 Å². The van der Waals surface area contributed by atoms with E-state index in [2.05, 4.69) is 42.2 Å². The summed E-state index contributed by atoms with van der Waals surface area (Å²) in [7, 11) is 0. The summed E-state index contributed by atoms with van der Waals surface area (Å²) in [6.07, 6.45) is -5.31. The standard InChI is InChI=1S/C22H27FN10O10P2S2/c1-2-22-4-38-13(20(41-22)33-7-29-11-17(33)30-21(25)31-18(11)34)14(22)43-45(37,47)39-3-8-12(42-44(35,36)46)9(23)19(40-8)32-6-28-10-15(24)26-5-27-16(10)32/h5-9,12-14,19-20H,2-4H2,1H3,(H,37,47)(H2,24,26,27)(H2,35,36,46)(H3,25,30,31,34)/t8-,9-,12-,13-,14+,19-,20-,22-,45?/m1/s1. The lowest BCUT2D eigenvalue weighted by molar-refractivity contribution is -0.173. The zero-order chi connectivity index (χ0) is 33.5. The molecule has 7 N–H and O–H groups in total. The largest absolute Gasteiger partial charge is 0.384 e. The van der Waals surface area contributed by atoms with Crippen molar-refractivity contribution in [3.05, 3.63) is 29.3 Å². The van der Waals surface area contributed by atoms with Crippen LogP contribution in [-0.4, -0.2) is 98.2 Å². The molecule has 0 amide bonds. The molecule has 2 bridgehead atoms. The molecular weight excluding hydrogens is 709 g/mol. The van der Waals surface area contributed by atoms with Crippen LogP contribution in [0.2, 0.25) is 0 Å². The molecule has 3 fully saturated rings. The number of imidazole rings is 2. The van der Waals surface area contributed by atoms with E-state index in [1.807, 2.05) is 6.92 Å². The topological polar surface area (TPSA) is 272 Å². The van der Waals surface area contributed by atoms with Gasteiger partial charge in [-0.05, 0) is 18.2 Å². The molecule has 47 heavy (non-hydrogen) atoms. The van der Waals surface area contributed by atoms with Gasteiger partial charge >= 0.3 is 13.5 Å². The number of halogens is 1. The van der Waals surface area contributed by atoms with Gasteiger partial charge < -0.3 is 40.0 Å². The fraction of sp³-hybridized carbons (Fsp3) is 0.545. The van der Waals surface area contributed by atoms with E-state index >= 15 is 4.39 Å². The van der Waals surface area contributed by atoms with Crippen LogP contribution in [-0.2, 0) is 44.2 Å². The number of fused-ring (bicyclic) bond motifs is 4. The number of anilines is 2. The van der Waals surface area contributed by atoms with Crippen molar-refractivity contribution in [2.45, 2.75) is 62.0 Å². The highest BCUT2D eigenvalue weighted by Crippen LogP contribution is 2.57. The molecule has 10 atom stereocenters. The molecular formula is C22H27FN10O10P2S2. The number of nitrogen functional groups attached to an aromatic ring is 2. The van der Waals surface area contributed by atoms with Crippen LogP contribution in [0.25, 0.3) is 22.3 Å². The van der Waals surface area contributed by atoms with Crippen LogP contribution in [0.15, 0.2) is 23.8 Å². The van der Waals surface area contributed by atoms with Gasteiger partial charge in [-0.25, -0.2) is 28.9 Å². The number of nitrogens with zero attached hydrogens (tertiary/aromatic N) is 7. The van der Waals surface area contributed by atoms with Crippen LogP contribution in [0.4, 0.5) is 16.2 Å². The third-order valence-corrected chi connectivity index (χ3v) is 10.5. The van der Waals surface area contributed by atoms with E-state index in [9.17, 15) is 19.1 Å². The first kappa shape index (κ1) is 32.9. The van der Waals surface area contributed by atoms with Gasteiger partial charge in [-0.2, -0.15) is 4.98 Å². The quantitative estimate of drug-likeness (QED) is 0.0954. The fourth-order valence-corrected chi connectivity index (χ4v) is 8.32. The Hall–Kier alpha value is -2.66. The number of thiol groups is 1. The summed E-state index contributed by atoms with van der Waals surface area (Å²) in [5.41, 5.74) is 10.4. The second-order valence-corrected chi connectivity index (χ2v) is 16.4. The van der Waals surface area contributed by atoms with Crippen LogP contribution < -0.4 is 17.0 Å². The van der Waals surface area contributed by atoms with Crippen LogP contribution in [0.5, 0.6) is 0 Å². The number of ether oxygens (including phenoxy) is 3. The highest BCUT2D eigenvalue weighted by molar-refractivity contribution is 8.44. The highest BCUT2D eigenvalue weighted by atomic mass is 32.7. The Kier molecular flexibility index (Phi) is 8.21. The Bertz CT molecular complexity index is 2010. The van der Waals surface area contributed by atoms with Crippen molar-refractivity contribution in [2.24, 2.45) is 0 Å². The van der Waals surface area contributed by atoms with Crippen molar-refractivity contribution in [3.63, 3.8) is 0 Å². The second-order valence-electron chi connectivity index (χ2n) is 10.9. The van der Waals surface area contributed by atoms with Crippen molar-refractivity contribution in [2.75, 3.05) is 24.7 Å². The first-order valence-electron chi connectivity index (χ1n) is 13.8. The van der Waals surface area contributed by atoms with Crippen molar-refractivity contribution in [3.8, 4) is 0 Å².